The predicted molar refractivity (Wildman–Crippen MR) is 77.3 cm³/mol. The van der Waals surface area contributed by atoms with Crippen molar-refractivity contribution in [1.82, 2.24) is 20.4 Å². The number of aromatic nitrogens is 2. The molecule has 0 aromatic carbocycles. The molecule has 0 saturated heterocycles. The van der Waals surface area contributed by atoms with Crippen LogP contribution in [-0.4, -0.2) is 51.4 Å². The highest BCUT2D eigenvalue weighted by Gasteiger charge is 2.37. The van der Waals surface area contributed by atoms with Gasteiger partial charge in [0, 0.05) is 18.1 Å². The SMILES string of the molecule is Cc1noc([C@H]2C[C@H](N(C)C(C)C)CC[C@@H]2NC(=O)O)n1. The van der Waals surface area contributed by atoms with Gasteiger partial charge in [-0.3, -0.25) is 0 Å². The second-order valence-electron chi connectivity index (χ2n) is 6.07. The van der Waals surface area contributed by atoms with Crippen LogP contribution in [0.1, 0.15) is 50.7 Å². The highest BCUT2D eigenvalue weighted by Crippen LogP contribution is 2.35. The van der Waals surface area contributed by atoms with E-state index in [1.807, 2.05) is 0 Å². The van der Waals surface area contributed by atoms with Crippen LogP contribution in [0.15, 0.2) is 4.52 Å². The third-order valence-electron chi connectivity index (χ3n) is 4.38. The van der Waals surface area contributed by atoms with Crippen molar-refractivity contribution in [2.24, 2.45) is 0 Å². The maximum atomic E-state index is 11.0. The van der Waals surface area contributed by atoms with Crippen molar-refractivity contribution in [2.45, 2.75) is 64.1 Å². The van der Waals surface area contributed by atoms with E-state index in [0.29, 0.717) is 23.8 Å². The average molecular weight is 296 g/mol. The Bertz CT molecular complexity index is 488. The summed E-state index contributed by atoms with van der Waals surface area (Å²) in [6.07, 6.45) is 1.56. The number of hydrogen-bond donors (Lipinski definition) is 2. The summed E-state index contributed by atoms with van der Waals surface area (Å²) >= 11 is 0. The summed E-state index contributed by atoms with van der Waals surface area (Å²) in [5, 5.41) is 15.4. The molecule has 1 aliphatic carbocycles. The van der Waals surface area contributed by atoms with Crippen LogP contribution in [0.5, 0.6) is 0 Å². The summed E-state index contributed by atoms with van der Waals surface area (Å²) in [5.74, 6) is 1.05. The van der Waals surface area contributed by atoms with Gasteiger partial charge in [-0.25, -0.2) is 4.79 Å². The molecule has 2 rings (SSSR count). The molecule has 0 radical (unpaired) electrons. The first kappa shape index (κ1) is 15.8. The summed E-state index contributed by atoms with van der Waals surface area (Å²) in [7, 11) is 2.11. The fourth-order valence-corrected chi connectivity index (χ4v) is 3.01. The summed E-state index contributed by atoms with van der Waals surface area (Å²) in [5.41, 5.74) is 0. The van der Waals surface area contributed by atoms with Crippen molar-refractivity contribution in [2.75, 3.05) is 7.05 Å². The van der Waals surface area contributed by atoms with Gasteiger partial charge in [-0.05, 0) is 47.1 Å². The van der Waals surface area contributed by atoms with Gasteiger partial charge in [0.25, 0.3) is 0 Å². The highest BCUT2D eigenvalue weighted by atomic mass is 16.5. The summed E-state index contributed by atoms with van der Waals surface area (Å²) < 4.78 is 5.29. The molecule has 1 amide bonds. The van der Waals surface area contributed by atoms with Gasteiger partial charge in [-0.2, -0.15) is 4.98 Å². The van der Waals surface area contributed by atoms with Crippen molar-refractivity contribution in [1.29, 1.82) is 0 Å². The van der Waals surface area contributed by atoms with Gasteiger partial charge in [0.1, 0.15) is 0 Å². The lowest BCUT2D eigenvalue weighted by Crippen LogP contribution is -2.48. The van der Waals surface area contributed by atoms with Crippen LogP contribution in [-0.2, 0) is 0 Å². The van der Waals surface area contributed by atoms with Crippen LogP contribution in [0.3, 0.4) is 0 Å². The molecule has 21 heavy (non-hydrogen) atoms. The van der Waals surface area contributed by atoms with Crippen LogP contribution in [0.2, 0.25) is 0 Å². The van der Waals surface area contributed by atoms with E-state index in [-0.39, 0.29) is 12.0 Å². The zero-order valence-electron chi connectivity index (χ0n) is 13.0. The molecule has 0 aliphatic heterocycles. The van der Waals surface area contributed by atoms with Crippen molar-refractivity contribution >= 4 is 6.09 Å². The minimum atomic E-state index is -1.00. The van der Waals surface area contributed by atoms with E-state index in [4.69, 9.17) is 9.63 Å². The summed E-state index contributed by atoms with van der Waals surface area (Å²) in [6.45, 7) is 6.09. The Kier molecular flexibility index (Phi) is 4.82. The second kappa shape index (κ2) is 6.43. The lowest BCUT2D eigenvalue weighted by molar-refractivity contribution is 0.116. The molecule has 1 aromatic rings. The zero-order chi connectivity index (χ0) is 15.6. The molecule has 1 fully saturated rings. The Morgan fingerprint density at radius 1 is 1.48 bits per heavy atom. The summed E-state index contributed by atoms with van der Waals surface area (Å²) in [6, 6.07) is 0.678. The van der Waals surface area contributed by atoms with E-state index in [2.05, 4.69) is 41.3 Å². The molecule has 1 aromatic heterocycles. The Morgan fingerprint density at radius 3 is 2.71 bits per heavy atom. The number of nitrogens with zero attached hydrogens (tertiary/aromatic N) is 3. The van der Waals surface area contributed by atoms with Gasteiger partial charge in [0.05, 0.1) is 5.92 Å². The maximum Gasteiger partial charge on any atom is 0.404 e. The highest BCUT2D eigenvalue weighted by molar-refractivity contribution is 5.65. The first-order valence-electron chi connectivity index (χ1n) is 7.40. The van der Waals surface area contributed by atoms with Gasteiger partial charge < -0.3 is 19.8 Å². The largest absolute Gasteiger partial charge is 0.465 e. The Hall–Kier alpha value is -1.63. The maximum absolute atomic E-state index is 11.0. The first-order chi connectivity index (χ1) is 9.88. The standard InChI is InChI=1S/C14H24N4O3/c1-8(2)18(4)10-5-6-12(16-14(19)20)11(7-10)13-15-9(3)17-21-13/h8,10-12,16H,5-7H2,1-4H3,(H,19,20)/t10-,11+,12+/m1/s1. The molecule has 0 unspecified atom stereocenters. The van der Waals surface area contributed by atoms with Crippen molar-refractivity contribution in [3.05, 3.63) is 11.7 Å². The smallest absolute Gasteiger partial charge is 0.404 e. The van der Waals surface area contributed by atoms with Crippen molar-refractivity contribution < 1.29 is 14.4 Å². The lowest BCUT2D eigenvalue weighted by atomic mass is 9.80. The lowest BCUT2D eigenvalue weighted by Gasteiger charge is -2.40. The van der Waals surface area contributed by atoms with Crippen LogP contribution in [0.25, 0.3) is 0 Å². The van der Waals surface area contributed by atoms with Crippen LogP contribution in [0, 0.1) is 6.92 Å². The van der Waals surface area contributed by atoms with Gasteiger partial charge >= 0.3 is 6.09 Å². The van der Waals surface area contributed by atoms with E-state index in [9.17, 15) is 4.79 Å². The van der Waals surface area contributed by atoms with E-state index in [1.54, 1.807) is 6.92 Å². The zero-order valence-corrected chi connectivity index (χ0v) is 13.0. The Morgan fingerprint density at radius 2 is 2.19 bits per heavy atom. The average Bonchev–Trinajstić information content (AvgIpc) is 2.84. The van der Waals surface area contributed by atoms with Crippen LogP contribution >= 0.6 is 0 Å². The number of amides is 1. The molecule has 1 saturated carbocycles. The monoisotopic (exact) mass is 296 g/mol. The minimum absolute atomic E-state index is 0.0674. The molecule has 1 aliphatic rings. The topological polar surface area (TPSA) is 91.5 Å². The fraction of sp³-hybridized carbons (Fsp3) is 0.786. The molecule has 3 atom stereocenters. The molecular formula is C14H24N4O3. The van der Waals surface area contributed by atoms with Crippen LogP contribution < -0.4 is 5.32 Å². The van der Waals surface area contributed by atoms with Gasteiger partial charge in [-0.1, -0.05) is 5.16 Å². The van der Waals surface area contributed by atoms with Crippen LogP contribution in [0.4, 0.5) is 4.79 Å². The Labute approximate surface area is 124 Å². The second-order valence-corrected chi connectivity index (χ2v) is 6.07. The number of rotatable bonds is 4. The molecule has 0 bridgehead atoms. The minimum Gasteiger partial charge on any atom is -0.465 e. The third-order valence-corrected chi connectivity index (χ3v) is 4.38. The molecule has 0 spiro atoms. The number of hydrogen-bond acceptors (Lipinski definition) is 5. The van der Waals surface area contributed by atoms with E-state index in [0.717, 1.165) is 19.3 Å². The molecule has 7 nitrogen and oxygen atoms in total. The fourth-order valence-electron chi connectivity index (χ4n) is 3.01. The van der Waals surface area contributed by atoms with E-state index < -0.39 is 6.09 Å². The first-order valence-corrected chi connectivity index (χ1v) is 7.40. The quantitative estimate of drug-likeness (QED) is 0.883. The molecular weight excluding hydrogens is 272 g/mol. The number of nitrogens with one attached hydrogen (secondary N) is 1. The molecule has 2 N–H and O–H groups in total. The molecule has 118 valence electrons. The van der Waals surface area contributed by atoms with Crippen molar-refractivity contribution in [3.8, 4) is 0 Å². The van der Waals surface area contributed by atoms with Crippen molar-refractivity contribution in [3.63, 3.8) is 0 Å². The predicted octanol–water partition coefficient (Wildman–Crippen LogP) is 1.99. The van der Waals surface area contributed by atoms with E-state index in [1.165, 1.54) is 0 Å². The molecule has 7 heteroatoms. The van der Waals surface area contributed by atoms with E-state index >= 15 is 0 Å². The third kappa shape index (κ3) is 3.72. The van der Waals surface area contributed by atoms with Gasteiger partial charge in [-0.15, -0.1) is 0 Å². The summed E-state index contributed by atoms with van der Waals surface area (Å²) in [4.78, 5) is 17.6. The van der Waals surface area contributed by atoms with Gasteiger partial charge in [0.15, 0.2) is 5.82 Å². The number of aryl methyl sites for hydroxylation is 1. The van der Waals surface area contributed by atoms with Gasteiger partial charge in [0.2, 0.25) is 5.89 Å². The normalized spacial score (nSPS) is 26.3. The molecule has 1 heterocycles. The number of carboxylic acid groups (broad SMARTS) is 1. The Balaban J connectivity index is 2.17. The number of carbonyl (C=O) groups is 1.